The largest absolute Gasteiger partial charge is 0.416 e. The van der Waals surface area contributed by atoms with E-state index in [0.29, 0.717) is 12.1 Å². The molecule has 2 heterocycles. The summed E-state index contributed by atoms with van der Waals surface area (Å²) in [4.78, 5) is 12.0. The van der Waals surface area contributed by atoms with E-state index in [4.69, 9.17) is 18.0 Å². The monoisotopic (exact) mass is 478 g/mol. The van der Waals surface area contributed by atoms with Crippen LogP contribution in [-0.4, -0.2) is 31.7 Å². The lowest BCUT2D eigenvalue weighted by atomic mass is 10.0. The second-order valence-corrected chi connectivity index (χ2v) is 7.15. The molecule has 0 aliphatic carbocycles. The number of halogens is 7. The zero-order chi connectivity index (χ0) is 22.8. The van der Waals surface area contributed by atoms with Gasteiger partial charge in [-0.25, -0.2) is 15.0 Å². The first-order valence-electron chi connectivity index (χ1n) is 8.08. The lowest BCUT2D eigenvalue weighted by molar-refractivity contribution is -0.143. The van der Waals surface area contributed by atoms with Gasteiger partial charge in [-0.3, -0.25) is 5.10 Å². The van der Waals surface area contributed by atoms with Crippen molar-refractivity contribution in [1.82, 2.24) is 25.1 Å². The van der Waals surface area contributed by atoms with Crippen LogP contribution in [0, 0.1) is 12.3 Å². The Morgan fingerprint density at radius 1 is 1.00 bits per heavy atom. The van der Waals surface area contributed by atoms with Crippen molar-refractivity contribution in [2.45, 2.75) is 22.5 Å². The van der Waals surface area contributed by atoms with Crippen LogP contribution in [0.1, 0.15) is 11.1 Å². The van der Waals surface area contributed by atoms with E-state index in [0.717, 1.165) is 11.8 Å². The van der Waals surface area contributed by atoms with Gasteiger partial charge in [0.2, 0.25) is 11.1 Å². The minimum absolute atomic E-state index is 0.0152. The van der Waals surface area contributed by atoms with Crippen molar-refractivity contribution in [2.75, 3.05) is 11.9 Å². The number of aromatic nitrogens is 5. The smallest absolute Gasteiger partial charge is 0.343 e. The molecule has 3 rings (SSSR count). The maximum absolute atomic E-state index is 13.0. The van der Waals surface area contributed by atoms with Gasteiger partial charge in [-0.05, 0) is 30.0 Å². The molecular weight excluding hydrogens is 470 g/mol. The van der Waals surface area contributed by atoms with Gasteiger partial charge in [-0.2, -0.15) is 26.3 Å². The number of terminal acetylenes is 1. The van der Waals surface area contributed by atoms with Crippen LogP contribution in [-0.2, 0) is 12.4 Å². The molecule has 0 aliphatic rings. The Morgan fingerprint density at radius 3 is 2.23 bits per heavy atom. The number of alkyl halides is 6. The summed E-state index contributed by atoms with van der Waals surface area (Å²) in [7, 11) is 0. The molecule has 162 valence electrons. The molecule has 0 atom stereocenters. The molecule has 6 nitrogen and oxygen atoms in total. The molecule has 31 heavy (non-hydrogen) atoms. The van der Waals surface area contributed by atoms with Gasteiger partial charge in [-0.15, -0.1) is 11.5 Å². The van der Waals surface area contributed by atoms with Gasteiger partial charge in [0.15, 0.2) is 5.82 Å². The number of benzene rings is 1. The summed E-state index contributed by atoms with van der Waals surface area (Å²) in [6.07, 6.45) is -4.82. The molecule has 3 aromatic rings. The minimum atomic E-state index is -4.98. The molecule has 0 saturated carbocycles. The molecular formula is C17H9ClF6N6S. The Bertz CT molecular complexity index is 1110. The number of nitrogens with zero attached hydrogens (tertiary/aromatic N) is 4. The number of H-pyrrole nitrogens is 1. The summed E-state index contributed by atoms with van der Waals surface area (Å²) in [5.74, 6) is 2.16. The van der Waals surface area contributed by atoms with Crippen molar-refractivity contribution in [2.24, 2.45) is 0 Å². The van der Waals surface area contributed by atoms with E-state index in [2.05, 4.69) is 36.4 Å². The first kappa shape index (κ1) is 22.7. The summed E-state index contributed by atoms with van der Waals surface area (Å²) < 4.78 is 78.3. The van der Waals surface area contributed by atoms with Gasteiger partial charge in [0.05, 0.1) is 17.7 Å². The molecule has 0 spiro atoms. The highest BCUT2D eigenvalue weighted by molar-refractivity contribution is 7.99. The van der Waals surface area contributed by atoms with Crippen molar-refractivity contribution in [3.63, 3.8) is 0 Å². The normalized spacial score (nSPS) is 11.9. The Morgan fingerprint density at radius 2 is 1.65 bits per heavy atom. The first-order valence-corrected chi connectivity index (χ1v) is 9.27. The van der Waals surface area contributed by atoms with Crippen LogP contribution in [0.5, 0.6) is 0 Å². The zero-order valence-corrected chi connectivity index (χ0v) is 16.5. The summed E-state index contributed by atoms with van der Waals surface area (Å²) in [6, 6.07) is 2.50. The summed E-state index contributed by atoms with van der Waals surface area (Å²) in [5, 5.41) is 9.17. The van der Waals surface area contributed by atoms with Gasteiger partial charge in [0.25, 0.3) is 0 Å². The highest BCUT2D eigenvalue weighted by Gasteiger charge is 2.37. The molecule has 0 saturated heterocycles. The second kappa shape index (κ2) is 8.64. The van der Waals surface area contributed by atoms with Crippen LogP contribution in [0.15, 0.2) is 34.4 Å². The molecule has 2 aromatic heterocycles. The lowest BCUT2D eigenvalue weighted by Gasteiger charge is -2.13. The quantitative estimate of drug-likeness (QED) is 0.300. The summed E-state index contributed by atoms with van der Waals surface area (Å²) >= 11 is 6.76. The fourth-order valence-electron chi connectivity index (χ4n) is 2.26. The van der Waals surface area contributed by atoms with E-state index < -0.39 is 29.0 Å². The number of hydrogen-bond acceptors (Lipinski definition) is 6. The highest BCUT2D eigenvalue weighted by Crippen LogP contribution is 2.38. The zero-order valence-electron chi connectivity index (χ0n) is 14.9. The standard InChI is InChI=1S/C17H9ClF6N6S/c1-2-3-25-14-26-11(18)7-12(27-14)31-15-28-13(29-30-15)8-4-9(16(19,20)21)6-10(5-8)17(22,23)24/h1,4-7H,3H2,(H,25,26,27)(H,28,29,30). The molecule has 1 aromatic carbocycles. The van der Waals surface area contributed by atoms with Crippen molar-refractivity contribution in [3.05, 3.63) is 40.5 Å². The molecule has 0 fully saturated rings. The number of aromatic amines is 1. The van der Waals surface area contributed by atoms with Crippen LogP contribution in [0.25, 0.3) is 11.4 Å². The maximum atomic E-state index is 13.0. The number of anilines is 1. The van der Waals surface area contributed by atoms with Crippen LogP contribution in [0.2, 0.25) is 5.15 Å². The molecule has 0 radical (unpaired) electrons. The fraction of sp³-hybridized carbons (Fsp3) is 0.176. The fourth-order valence-corrected chi connectivity index (χ4v) is 3.23. The number of hydrogen-bond donors (Lipinski definition) is 2. The SMILES string of the molecule is C#CCNc1nc(Cl)cc(Sc2n[nH]c(-c3cc(C(F)(F)F)cc(C(F)(F)F)c3)n2)n1. The predicted molar refractivity (Wildman–Crippen MR) is 100 cm³/mol. The van der Waals surface area contributed by atoms with Gasteiger partial charge >= 0.3 is 12.4 Å². The highest BCUT2D eigenvalue weighted by atomic mass is 35.5. The van der Waals surface area contributed by atoms with Crippen molar-refractivity contribution in [1.29, 1.82) is 0 Å². The molecule has 2 N–H and O–H groups in total. The third-order valence-corrected chi connectivity index (χ3v) is 4.52. The van der Waals surface area contributed by atoms with E-state index in [1.165, 1.54) is 6.07 Å². The van der Waals surface area contributed by atoms with E-state index in [1.807, 2.05) is 0 Å². The third kappa shape index (κ3) is 5.80. The maximum Gasteiger partial charge on any atom is 0.416 e. The van der Waals surface area contributed by atoms with Crippen LogP contribution in [0.3, 0.4) is 0 Å². The topological polar surface area (TPSA) is 79.4 Å². The van der Waals surface area contributed by atoms with Gasteiger partial charge in [0.1, 0.15) is 10.2 Å². The van der Waals surface area contributed by atoms with Crippen molar-refractivity contribution >= 4 is 29.3 Å². The summed E-state index contributed by atoms with van der Waals surface area (Å²) in [6.45, 7) is 0.131. The van der Waals surface area contributed by atoms with Gasteiger partial charge < -0.3 is 5.32 Å². The average Bonchev–Trinajstić information content (AvgIpc) is 3.12. The first-order chi connectivity index (χ1) is 14.5. The van der Waals surface area contributed by atoms with Crippen LogP contribution in [0.4, 0.5) is 32.3 Å². The minimum Gasteiger partial charge on any atom is -0.343 e. The summed E-state index contributed by atoms with van der Waals surface area (Å²) in [5.41, 5.74) is -3.36. The van der Waals surface area contributed by atoms with E-state index in [1.54, 1.807) is 0 Å². The Labute approximate surface area is 179 Å². The van der Waals surface area contributed by atoms with E-state index in [-0.39, 0.29) is 39.7 Å². The Hall–Kier alpha value is -2.98. The second-order valence-electron chi connectivity index (χ2n) is 5.77. The molecule has 0 aliphatic heterocycles. The van der Waals surface area contributed by atoms with Crippen molar-refractivity contribution < 1.29 is 26.3 Å². The third-order valence-electron chi connectivity index (χ3n) is 3.54. The van der Waals surface area contributed by atoms with E-state index in [9.17, 15) is 26.3 Å². The average molecular weight is 479 g/mol. The predicted octanol–water partition coefficient (Wildman–Crippen LogP) is 5.15. The number of nitrogens with one attached hydrogen (secondary N) is 2. The number of rotatable bonds is 5. The van der Waals surface area contributed by atoms with Crippen LogP contribution >= 0.6 is 23.4 Å². The molecule has 0 amide bonds. The molecule has 0 unspecified atom stereocenters. The molecule has 14 heteroatoms. The lowest BCUT2D eigenvalue weighted by Crippen LogP contribution is -2.11. The van der Waals surface area contributed by atoms with Gasteiger partial charge in [0, 0.05) is 11.6 Å². The van der Waals surface area contributed by atoms with Crippen LogP contribution < -0.4 is 5.32 Å². The molecule has 0 bridgehead atoms. The van der Waals surface area contributed by atoms with E-state index >= 15 is 0 Å². The Balaban J connectivity index is 1.92. The Kier molecular flexibility index (Phi) is 6.33. The van der Waals surface area contributed by atoms with Crippen molar-refractivity contribution in [3.8, 4) is 23.7 Å². The van der Waals surface area contributed by atoms with Gasteiger partial charge in [-0.1, -0.05) is 17.5 Å².